The fourth-order valence-electron chi connectivity index (χ4n) is 3.11. The van der Waals surface area contributed by atoms with Crippen LogP contribution < -0.4 is 5.32 Å². The van der Waals surface area contributed by atoms with E-state index in [2.05, 4.69) is 20.8 Å². The number of rotatable bonds is 4. The number of carboxylic acids is 1. The summed E-state index contributed by atoms with van der Waals surface area (Å²) in [7, 11) is 1.74. The van der Waals surface area contributed by atoms with Crippen LogP contribution in [0.15, 0.2) is 24.3 Å². The molecule has 1 heterocycles. The molecule has 0 bridgehead atoms. The first-order chi connectivity index (χ1) is 11.5. The number of hydrogen-bond acceptors (Lipinski definition) is 5. The van der Waals surface area contributed by atoms with Crippen LogP contribution in [0.1, 0.15) is 25.7 Å². The first-order valence-electron chi connectivity index (χ1n) is 7.91. The average Bonchev–Trinajstić information content (AvgIpc) is 3.01. The highest BCUT2D eigenvalue weighted by molar-refractivity contribution is 5.93. The van der Waals surface area contributed by atoms with Crippen molar-refractivity contribution in [3.8, 4) is 11.4 Å². The molecular formula is C16H19N5O3. The monoisotopic (exact) mass is 329 g/mol. The molecular weight excluding hydrogens is 310 g/mol. The minimum absolute atomic E-state index is 0.130. The molecule has 0 spiro atoms. The zero-order chi connectivity index (χ0) is 17.1. The van der Waals surface area contributed by atoms with Gasteiger partial charge in [0.05, 0.1) is 5.92 Å². The predicted octanol–water partition coefficient (Wildman–Crippen LogP) is 1.71. The van der Waals surface area contributed by atoms with Gasteiger partial charge in [-0.05, 0) is 41.8 Å². The lowest BCUT2D eigenvalue weighted by Gasteiger charge is -2.25. The van der Waals surface area contributed by atoms with E-state index in [-0.39, 0.29) is 11.8 Å². The molecule has 1 saturated carbocycles. The zero-order valence-electron chi connectivity index (χ0n) is 13.3. The molecule has 2 atom stereocenters. The third-order valence-corrected chi connectivity index (χ3v) is 4.40. The summed E-state index contributed by atoms with van der Waals surface area (Å²) in [6.07, 6.45) is 2.53. The highest BCUT2D eigenvalue weighted by Gasteiger charge is 2.31. The Bertz CT molecular complexity index is 758. The minimum Gasteiger partial charge on any atom is -0.481 e. The molecule has 0 saturated heterocycles. The van der Waals surface area contributed by atoms with E-state index in [4.69, 9.17) is 5.11 Å². The summed E-state index contributed by atoms with van der Waals surface area (Å²) < 4.78 is 1.56. The van der Waals surface area contributed by atoms with Gasteiger partial charge in [-0.1, -0.05) is 18.6 Å². The Labute approximate surface area is 138 Å². The number of carbonyl (C=O) groups excluding carboxylic acids is 1. The van der Waals surface area contributed by atoms with E-state index in [1.165, 1.54) is 0 Å². The van der Waals surface area contributed by atoms with Gasteiger partial charge in [0, 0.05) is 24.2 Å². The molecule has 1 amide bonds. The number of carbonyl (C=O) groups is 2. The van der Waals surface area contributed by atoms with Crippen LogP contribution in [-0.4, -0.2) is 37.2 Å². The van der Waals surface area contributed by atoms with E-state index in [0.717, 1.165) is 18.4 Å². The van der Waals surface area contributed by atoms with Gasteiger partial charge < -0.3 is 10.4 Å². The molecule has 1 aromatic carbocycles. The zero-order valence-corrected chi connectivity index (χ0v) is 13.3. The number of hydrogen-bond donors (Lipinski definition) is 2. The van der Waals surface area contributed by atoms with Crippen LogP contribution in [0, 0.1) is 11.8 Å². The van der Waals surface area contributed by atoms with Crippen molar-refractivity contribution in [1.82, 2.24) is 20.2 Å². The van der Waals surface area contributed by atoms with Crippen molar-refractivity contribution in [1.29, 1.82) is 0 Å². The van der Waals surface area contributed by atoms with Crippen molar-refractivity contribution in [3.05, 3.63) is 24.3 Å². The molecule has 0 radical (unpaired) electrons. The summed E-state index contributed by atoms with van der Waals surface area (Å²) in [5.41, 5.74) is 1.45. The number of nitrogens with one attached hydrogen (secondary N) is 1. The third-order valence-electron chi connectivity index (χ3n) is 4.40. The van der Waals surface area contributed by atoms with E-state index >= 15 is 0 Å². The Morgan fingerprint density at radius 3 is 2.79 bits per heavy atom. The predicted molar refractivity (Wildman–Crippen MR) is 85.9 cm³/mol. The molecule has 1 aromatic heterocycles. The molecule has 8 heteroatoms. The smallest absolute Gasteiger partial charge is 0.306 e. The highest BCUT2D eigenvalue weighted by atomic mass is 16.4. The van der Waals surface area contributed by atoms with Crippen molar-refractivity contribution >= 4 is 17.6 Å². The molecule has 24 heavy (non-hydrogen) atoms. The Hall–Kier alpha value is -2.77. The van der Waals surface area contributed by atoms with Crippen LogP contribution in [0.5, 0.6) is 0 Å². The summed E-state index contributed by atoms with van der Waals surface area (Å²) in [6, 6.07) is 7.28. The Balaban J connectivity index is 1.71. The van der Waals surface area contributed by atoms with Gasteiger partial charge in [-0.3, -0.25) is 9.59 Å². The number of carboxylic acid groups (broad SMARTS) is 1. The number of aliphatic carboxylic acids is 1. The van der Waals surface area contributed by atoms with E-state index in [1.807, 2.05) is 12.1 Å². The van der Waals surface area contributed by atoms with Crippen LogP contribution in [-0.2, 0) is 16.6 Å². The lowest BCUT2D eigenvalue weighted by atomic mass is 9.81. The quantitative estimate of drug-likeness (QED) is 0.883. The maximum Gasteiger partial charge on any atom is 0.306 e. The summed E-state index contributed by atoms with van der Waals surface area (Å²) in [6.45, 7) is 0. The topological polar surface area (TPSA) is 110 Å². The van der Waals surface area contributed by atoms with Crippen molar-refractivity contribution in [2.75, 3.05) is 5.32 Å². The van der Waals surface area contributed by atoms with Gasteiger partial charge in [0.25, 0.3) is 0 Å². The maximum atomic E-state index is 12.5. The SMILES string of the molecule is Cn1nnnc1-c1cccc(NC(=O)C2CCCC(C(=O)O)C2)c1. The fourth-order valence-corrected chi connectivity index (χ4v) is 3.11. The highest BCUT2D eigenvalue weighted by Crippen LogP contribution is 2.30. The molecule has 2 aromatic rings. The number of amides is 1. The van der Waals surface area contributed by atoms with Gasteiger partial charge in [-0.2, -0.15) is 0 Å². The van der Waals surface area contributed by atoms with Gasteiger partial charge in [-0.25, -0.2) is 4.68 Å². The number of aryl methyl sites for hydroxylation is 1. The molecule has 126 valence electrons. The summed E-state index contributed by atoms with van der Waals surface area (Å²) in [5, 5.41) is 23.4. The number of aromatic nitrogens is 4. The van der Waals surface area contributed by atoms with Crippen LogP contribution in [0.4, 0.5) is 5.69 Å². The van der Waals surface area contributed by atoms with E-state index in [9.17, 15) is 9.59 Å². The molecule has 1 aliphatic rings. The third kappa shape index (κ3) is 3.42. The van der Waals surface area contributed by atoms with Crippen molar-refractivity contribution < 1.29 is 14.7 Å². The molecule has 2 N–H and O–H groups in total. The number of tetrazole rings is 1. The van der Waals surface area contributed by atoms with Crippen molar-refractivity contribution in [3.63, 3.8) is 0 Å². The van der Waals surface area contributed by atoms with Crippen molar-refractivity contribution in [2.24, 2.45) is 18.9 Å². The summed E-state index contributed by atoms with van der Waals surface area (Å²) in [5.74, 6) is -1.03. The molecule has 0 aliphatic heterocycles. The Morgan fingerprint density at radius 1 is 1.29 bits per heavy atom. The van der Waals surface area contributed by atoms with E-state index < -0.39 is 11.9 Å². The van der Waals surface area contributed by atoms with Crippen molar-refractivity contribution in [2.45, 2.75) is 25.7 Å². The van der Waals surface area contributed by atoms with Crippen LogP contribution >= 0.6 is 0 Å². The van der Waals surface area contributed by atoms with Gasteiger partial charge in [0.2, 0.25) is 5.91 Å². The Kier molecular flexibility index (Phi) is 4.54. The first-order valence-corrected chi connectivity index (χ1v) is 7.91. The number of nitrogens with zero attached hydrogens (tertiary/aromatic N) is 4. The van der Waals surface area contributed by atoms with Gasteiger partial charge in [0.15, 0.2) is 5.82 Å². The Morgan fingerprint density at radius 2 is 2.08 bits per heavy atom. The standard InChI is InChI=1S/C16H19N5O3/c1-21-14(18-19-20-21)10-4-3-7-13(9-10)17-15(22)11-5-2-6-12(8-11)16(23)24/h3-4,7,9,11-12H,2,5-6,8H2,1H3,(H,17,22)(H,23,24). The van der Waals surface area contributed by atoms with E-state index in [1.54, 1.807) is 23.9 Å². The second-order valence-corrected chi connectivity index (χ2v) is 6.09. The van der Waals surface area contributed by atoms with Crippen LogP contribution in [0.25, 0.3) is 11.4 Å². The van der Waals surface area contributed by atoms with E-state index in [0.29, 0.717) is 24.4 Å². The fraction of sp³-hybridized carbons (Fsp3) is 0.438. The van der Waals surface area contributed by atoms with Gasteiger partial charge in [-0.15, -0.1) is 5.10 Å². The average molecular weight is 329 g/mol. The molecule has 1 fully saturated rings. The molecule has 8 nitrogen and oxygen atoms in total. The second-order valence-electron chi connectivity index (χ2n) is 6.09. The summed E-state index contributed by atoms with van der Waals surface area (Å²) >= 11 is 0. The molecule has 2 unspecified atom stereocenters. The van der Waals surface area contributed by atoms with Crippen LogP contribution in [0.2, 0.25) is 0 Å². The normalized spacial score (nSPS) is 20.5. The van der Waals surface area contributed by atoms with Gasteiger partial charge in [0.1, 0.15) is 0 Å². The van der Waals surface area contributed by atoms with Gasteiger partial charge >= 0.3 is 5.97 Å². The number of benzene rings is 1. The molecule has 1 aliphatic carbocycles. The maximum absolute atomic E-state index is 12.5. The largest absolute Gasteiger partial charge is 0.481 e. The number of anilines is 1. The lowest BCUT2D eigenvalue weighted by molar-refractivity contribution is -0.143. The minimum atomic E-state index is -0.815. The second kappa shape index (κ2) is 6.77. The molecule has 3 rings (SSSR count). The summed E-state index contributed by atoms with van der Waals surface area (Å²) in [4.78, 5) is 23.6. The van der Waals surface area contributed by atoms with Crippen LogP contribution in [0.3, 0.4) is 0 Å². The first kappa shape index (κ1) is 16.1. The lowest BCUT2D eigenvalue weighted by Crippen LogP contribution is -2.30.